The first-order chi connectivity index (χ1) is 18.4. The number of rotatable bonds is 18. The van der Waals surface area contributed by atoms with Gasteiger partial charge in [-0.3, -0.25) is 0 Å². The Morgan fingerprint density at radius 2 is 1.71 bits per heavy atom. The molecule has 0 unspecified atom stereocenters. The van der Waals surface area contributed by atoms with Crippen LogP contribution in [0.4, 0.5) is 4.79 Å². The Morgan fingerprint density at radius 1 is 1.08 bits per heavy atom. The minimum absolute atomic E-state index is 0.181. The average molecular weight is 656 g/mol. The number of nitrogens with zero attached hydrogens (tertiary/aromatic N) is 2. The van der Waals surface area contributed by atoms with E-state index >= 15 is 0 Å². The number of methoxy groups -OCH3 is 1. The Bertz CT molecular complexity index is 929. The molecule has 6 nitrogen and oxygen atoms in total. The van der Waals surface area contributed by atoms with Crippen LogP contribution in [-0.2, 0) is 9.57 Å². The predicted molar refractivity (Wildman–Crippen MR) is 162 cm³/mol. The van der Waals surface area contributed by atoms with Crippen LogP contribution in [0.2, 0.25) is 13.3 Å². The molecule has 1 aliphatic heterocycles. The predicted octanol–water partition coefficient (Wildman–Crippen LogP) is 8.55. The number of halogens is 1. The average Bonchev–Trinajstić information content (AvgIpc) is 3.32. The molecule has 8 heteroatoms. The third-order valence-electron chi connectivity index (χ3n) is 7.61. The second-order valence-corrected chi connectivity index (χ2v) is 23.9. The summed E-state index contributed by atoms with van der Waals surface area (Å²) < 4.78 is 16.6. The fourth-order valence-electron chi connectivity index (χ4n) is 5.61. The Kier molecular flexibility index (Phi) is 14.9. The first kappa shape index (κ1) is 32.8. The number of cyclic esters (lactones) is 1. The van der Waals surface area contributed by atoms with Crippen LogP contribution >= 0.6 is 11.6 Å². The summed E-state index contributed by atoms with van der Waals surface area (Å²) in [6, 6.07) is 4.47. The molecule has 0 radical (unpaired) electrons. The number of carbonyl (C=O) groups is 1. The first-order valence-electron chi connectivity index (χ1n) is 14.5. The van der Waals surface area contributed by atoms with Gasteiger partial charge in [-0.15, -0.1) is 0 Å². The van der Waals surface area contributed by atoms with Crippen LogP contribution in [0.15, 0.2) is 23.4 Å². The Hall–Kier alpha value is -1.41. The van der Waals surface area contributed by atoms with Crippen molar-refractivity contribution in [3.05, 3.63) is 34.9 Å². The topological polar surface area (TPSA) is 60.4 Å². The van der Waals surface area contributed by atoms with Gasteiger partial charge in [0, 0.05) is 0 Å². The van der Waals surface area contributed by atoms with Crippen molar-refractivity contribution in [2.45, 2.75) is 92.4 Å². The molecule has 2 rings (SSSR count). The maximum absolute atomic E-state index is 11.9. The number of ether oxygens (including phenoxy) is 2. The summed E-state index contributed by atoms with van der Waals surface area (Å²) in [6.07, 6.45) is 11.8. The molecule has 0 aliphatic carbocycles. The van der Waals surface area contributed by atoms with Crippen molar-refractivity contribution in [1.29, 1.82) is 0 Å². The third-order valence-corrected chi connectivity index (χ3v) is 23.8. The van der Waals surface area contributed by atoms with E-state index in [2.05, 4.69) is 51.1 Å². The quantitative estimate of drug-likeness (QED) is 0.0688. The number of oxime groups is 1. The number of hydrogen-bond acceptors (Lipinski definition) is 5. The van der Waals surface area contributed by atoms with E-state index in [4.69, 9.17) is 25.9 Å². The fraction of sp³-hybridized carbons (Fsp3) is 0.667. The van der Waals surface area contributed by atoms with Gasteiger partial charge in [-0.2, -0.15) is 0 Å². The molecule has 1 fully saturated rings. The van der Waals surface area contributed by atoms with E-state index in [-0.39, 0.29) is 6.09 Å². The van der Waals surface area contributed by atoms with Crippen LogP contribution in [0, 0.1) is 6.92 Å². The number of carbonyl (C=O) groups excluding carboxylic acids is 1. The van der Waals surface area contributed by atoms with Crippen molar-refractivity contribution in [2.75, 3.05) is 33.9 Å². The van der Waals surface area contributed by atoms with Crippen molar-refractivity contribution in [3.63, 3.8) is 0 Å². The van der Waals surface area contributed by atoms with Gasteiger partial charge in [-0.25, -0.2) is 0 Å². The van der Waals surface area contributed by atoms with Gasteiger partial charge in [0.1, 0.15) is 0 Å². The van der Waals surface area contributed by atoms with Gasteiger partial charge in [-0.05, 0) is 0 Å². The van der Waals surface area contributed by atoms with Crippen molar-refractivity contribution < 1.29 is 19.1 Å². The number of benzene rings is 1. The van der Waals surface area contributed by atoms with Crippen molar-refractivity contribution in [2.24, 2.45) is 5.16 Å². The van der Waals surface area contributed by atoms with Gasteiger partial charge >= 0.3 is 241 Å². The molecule has 1 saturated heterocycles. The second kappa shape index (κ2) is 17.3. The fourth-order valence-corrected chi connectivity index (χ4v) is 22.9. The first-order valence-corrected chi connectivity index (χ1v) is 22.3. The molecule has 0 bridgehead atoms. The molecule has 0 atom stereocenters. The molecule has 1 amide bonds. The van der Waals surface area contributed by atoms with E-state index in [1.165, 1.54) is 64.5 Å². The molecule has 1 aliphatic rings. The second-order valence-electron chi connectivity index (χ2n) is 10.4. The summed E-state index contributed by atoms with van der Waals surface area (Å²) in [4.78, 5) is 18.8. The van der Waals surface area contributed by atoms with E-state index in [1.54, 1.807) is 10.7 Å². The molecule has 0 saturated carbocycles. The van der Waals surface area contributed by atoms with Crippen LogP contribution < -0.4 is 4.74 Å². The molecule has 0 aromatic heterocycles. The van der Waals surface area contributed by atoms with Gasteiger partial charge in [0.15, 0.2) is 0 Å². The monoisotopic (exact) mass is 656 g/mol. The van der Waals surface area contributed by atoms with Crippen LogP contribution in [-0.4, -0.2) is 68.5 Å². The molecule has 0 N–H and O–H groups in total. The summed E-state index contributed by atoms with van der Waals surface area (Å²) in [7, 11) is 3.19. The van der Waals surface area contributed by atoms with E-state index in [9.17, 15) is 4.79 Å². The molecule has 1 aromatic carbocycles. The Labute approximate surface area is 240 Å². The van der Waals surface area contributed by atoms with Crippen LogP contribution in [0.1, 0.15) is 88.8 Å². The molecular formula is C30H49ClN2O4Sn. The standard InChI is InChI=1S/C18H22ClN2O4.3C4H9.Sn/c1-13-11-14(12-15(16(13)23-2)17(19)20-24-3)7-5-4-6-8-21-9-10-25-18(21)22;3*1-3-4-2;/h5,11-12H,4,6,8-10H2,1-3H3;3*1,3-4H2,2H3;. The number of allylic oxidation sites excluding steroid dienone is 1. The van der Waals surface area contributed by atoms with Crippen molar-refractivity contribution in [3.8, 4) is 5.75 Å². The van der Waals surface area contributed by atoms with E-state index in [1.807, 2.05) is 4.90 Å². The normalized spacial score (nSPS) is 14.7. The number of amides is 1. The zero-order valence-corrected chi connectivity index (χ0v) is 28.1. The molecule has 214 valence electrons. The third kappa shape index (κ3) is 9.07. The zero-order chi connectivity index (χ0) is 28.0. The number of unbranched alkanes of at least 4 members (excludes halogenated alkanes) is 4. The van der Waals surface area contributed by atoms with Gasteiger partial charge < -0.3 is 0 Å². The Morgan fingerprint density at radius 3 is 2.21 bits per heavy atom. The number of hydrogen-bond donors (Lipinski definition) is 0. The summed E-state index contributed by atoms with van der Waals surface area (Å²) in [5, 5.41) is 4.34. The number of aryl methyl sites for hydroxylation is 1. The zero-order valence-electron chi connectivity index (χ0n) is 24.5. The van der Waals surface area contributed by atoms with Gasteiger partial charge in [0.25, 0.3) is 0 Å². The molecule has 1 aromatic rings. The van der Waals surface area contributed by atoms with Crippen molar-refractivity contribution >= 4 is 44.8 Å². The van der Waals surface area contributed by atoms with E-state index < -0.39 is 18.4 Å². The van der Waals surface area contributed by atoms with E-state index in [0.717, 1.165) is 36.3 Å². The minimum atomic E-state index is -2.84. The maximum atomic E-state index is 11.9. The van der Waals surface area contributed by atoms with Gasteiger partial charge in [0.2, 0.25) is 0 Å². The van der Waals surface area contributed by atoms with Gasteiger partial charge in [0.05, 0.1) is 0 Å². The summed E-state index contributed by atoms with van der Waals surface area (Å²) in [5.41, 5.74) is 3.10. The summed E-state index contributed by atoms with van der Waals surface area (Å²) in [5.74, 6) is 0.739. The molecule has 1 heterocycles. The Balaban J connectivity index is 2.62. The molecular weight excluding hydrogens is 607 g/mol. The van der Waals surface area contributed by atoms with Gasteiger partial charge in [-0.1, -0.05) is 0 Å². The summed E-state index contributed by atoms with van der Waals surface area (Å²) >= 11 is 3.77. The van der Waals surface area contributed by atoms with Crippen LogP contribution in [0.25, 0.3) is 3.59 Å². The molecule has 38 heavy (non-hydrogen) atoms. The van der Waals surface area contributed by atoms with Crippen molar-refractivity contribution in [1.82, 2.24) is 4.90 Å². The SMILES string of the molecule is CCC[CH2][Sn]([CH2]CCC)([CH2]CCC)/[C](=C/CCCN1CCOC1=O)c1cc(C)c(OC)c(C(Cl)=NOC)c1. The van der Waals surface area contributed by atoms with E-state index in [0.29, 0.717) is 18.3 Å². The summed E-state index contributed by atoms with van der Waals surface area (Å²) in [6.45, 7) is 11.0. The van der Waals surface area contributed by atoms with Crippen LogP contribution in [0.5, 0.6) is 5.75 Å². The van der Waals surface area contributed by atoms with Crippen LogP contribution in [0.3, 0.4) is 0 Å². The molecule has 0 spiro atoms.